The summed E-state index contributed by atoms with van der Waals surface area (Å²) < 4.78 is 5.36. The van der Waals surface area contributed by atoms with Crippen molar-refractivity contribution in [1.29, 1.82) is 0 Å². The van der Waals surface area contributed by atoms with Gasteiger partial charge in [0.2, 0.25) is 0 Å². The van der Waals surface area contributed by atoms with E-state index in [9.17, 15) is 0 Å². The number of likely N-dealkylation sites (N-methyl/N-ethyl adjacent to an activating group) is 1. The lowest BCUT2D eigenvalue weighted by Crippen LogP contribution is -2.45. The number of hydrogen-bond donors (Lipinski definition) is 2. The van der Waals surface area contributed by atoms with Crippen LogP contribution in [-0.4, -0.2) is 55.0 Å². The summed E-state index contributed by atoms with van der Waals surface area (Å²) in [4.78, 5) is 9.74. The molecule has 2 aromatic rings. The Morgan fingerprint density at radius 1 is 0.964 bits per heavy atom. The fourth-order valence-electron chi connectivity index (χ4n) is 3.37. The second-order valence-electron chi connectivity index (χ2n) is 7.15. The molecule has 0 saturated carbocycles. The highest BCUT2D eigenvalue weighted by molar-refractivity contribution is 5.79. The largest absolute Gasteiger partial charge is 0.467 e. The van der Waals surface area contributed by atoms with Crippen molar-refractivity contribution in [3.63, 3.8) is 0 Å². The Bertz CT molecular complexity index is 703. The Morgan fingerprint density at radius 3 is 2.32 bits per heavy atom. The highest BCUT2D eigenvalue weighted by Gasteiger charge is 2.15. The van der Waals surface area contributed by atoms with Gasteiger partial charge in [0.05, 0.1) is 19.4 Å². The zero-order valence-corrected chi connectivity index (χ0v) is 17.2. The third kappa shape index (κ3) is 6.39. The van der Waals surface area contributed by atoms with E-state index in [4.69, 9.17) is 4.42 Å². The number of nitrogens with zero attached hydrogens (tertiary/aromatic N) is 3. The van der Waals surface area contributed by atoms with Crippen LogP contribution in [0.3, 0.4) is 0 Å². The van der Waals surface area contributed by atoms with Crippen LogP contribution in [0.5, 0.6) is 0 Å². The van der Waals surface area contributed by atoms with E-state index in [1.54, 1.807) is 6.26 Å². The summed E-state index contributed by atoms with van der Waals surface area (Å²) in [5.41, 5.74) is 2.59. The molecule has 28 heavy (non-hydrogen) atoms. The van der Waals surface area contributed by atoms with Gasteiger partial charge in [0.25, 0.3) is 0 Å². The number of benzene rings is 1. The lowest BCUT2D eigenvalue weighted by atomic mass is 10.1. The number of aliphatic imine (C=N–C) groups is 1. The summed E-state index contributed by atoms with van der Waals surface area (Å²) >= 11 is 0. The van der Waals surface area contributed by atoms with E-state index in [0.717, 1.165) is 44.4 Å². The average molecular weight is 384 g/mol. The molecule has 1 aliphatic heterocycles. The van der Waals surface area contributed by atoms with Crippen LogP contribution in [-0.2, 0) is 19.6 Å². The molecule has 0 aliphatic carbocycles. The second kappa shape index (κ2) is 10.9. The number of furan rings is 1. The fourth-order valence-corrected chi connectivity index (χ4v) is 3.37. The van der Waals surface area contributed by atoms with Crippen molar-refractivity contribution >= 4 is 5.96 Å². The molecule has 0 amide bonds. The van der Waals surface area contributed by atoms with Gasteiger partial charge in [-0.3, -0.25) is 4.90 Å². The van der Waals surface area contributed by atoms with Gasteiger partial charge >= 0.3 is 0 Å². The molecule has 1 aromatic carbocycles. The maximum absolute atomic E-state index is 5.36. The van der Waals surface area contributed by atoms with Gasteiger partial charge in [-0.1, -0.05) is 31.2 Å². The van der Waals surface area contributed by atoms with Crippen molar-refractivity contribution in [3.05, 3.63) is 59.5 Å². The minimum Gasteiger partial charge on any atom is -0.467 e. The molecule has 2 N–H and O–H groups in total. The molecular weight excluding hydrogens is 350 g/mol. The molecular formula is C22H33N5O. The summed E-state index contributed by atoms with van der Waals surface area (Å²) in [6.45, 7) is 13.3. The van der Waals surface area contributed by atoms with Crippen molar-refractivity contribution in [2.75, 3.05) is 39.3 Å². The highest BCUT2D eigenvalue weighted by atomic mass is 16.3. The smallest absolute Gasteiger partial charge is 0.191 e. The van der Waals surface area contributed by atoms with Crippen LogP contribution in [0.1, 0.15) is 30.7 Å². The lowest BCUT2D eigenvalue weighted by molar-refractivity contribution is 0.132. The van der Waals surface area contributed by atoms with Crippen molar-refractivity contribution < 1.29 is 4.42 Å². The molecule has 1 fully saturated rings. The summed E-state index contributed by atoms with van der Waals surface area (Å²) in [5, 5.41) is 6.58. The zero-order chi connectivity index (χ0) is 19.6. The third-order valence-electron chi connectivity index (χ3n) is 5.12. The predicted octanol–water partition coefficient (Wildman–Crippen LogP) is 2.67. The first-order valence-electron chi connectivity index (χ1n) is 10.3. The van der Waals surface area contributed by atoms with E-state index in [0.29, 0.717) is 13.1 Å². The number of hydrogen-bond acceptors (Lipinski definition) is 4. The van der Waals surface area contributed by atoms with Crippen molar-refractivity contribution in [2.45, 2.75) is 33.5 Å². The summed E-state index contributed by atoms with van der Waals surface area (Å²) in [6, 6.07) is 12.7. The normalized spacial score (nSPS) is 16.3. The van der Waals surface area contributed by atoms with Crippen molar-refractivity contribution in [3.8, 4) is 0 Å². The predicted molar refractivity (Wildman–Crippen MR) is 114 cm³/mol. The van der Waals surface area contributed by atoms with E-state index >= 15 is 0 Å². The molecule has 0 spiro atoms. The van der Waals surface area contributed by atoms with Gasteiger partial charge in [0.15, 0.2) is 5.96 Å². The van der Waals surface area contributed by atoms with Crippen LogP contribution in [0.25, 0.3) is 0 Å². The Labute approximate surface area is 168 Å². The van der Waals surface area contributed by atoms with Gasteiger partial charge in [-0.2, -0.15) is 0 Å². The number of nitrogens with one attached hydrogen (secondary N) is 2. The van der Waals surface area contributed by atoms with Gasteiger partial charge in [-0.05, 0) is 36.7 Å². The van der Waals surface area contributed by atoms with Crippen LogP contribution in [0, 0.1) is 0 Å². The van der Waals surface area contributed by atoms with E-state index < -0.39 is 0 Å². The lowest BCUT2D eigenvalue weighted by Gasteiger charge is -2.34. The highest BCUT2D eigenvalue weighted by Crippen LogP contribution is 2.11. The second-order valence-corrected chi connectivity index (χ2v) is 7.15. The number of guanidine groups is 1. The molecule has 2 heterocycles. The molecule has 152 valence electrons. The van der Waals surface area contributed by atoms with E-state index in [1.165, 1.54) is 24.2 Å². The van der Waals surface area contributed by atoms with Gasteiger partial charge in [0, 0.05) is 39.3 Å². The van der Waals surface area contributed by atoms with Gasteiger partial charge in [-0.25, -0.2) is 4.99 Å². The van der Waals surface area contributed by atoms with E-state index in [2.05, 4.69) is 63.5 Å². The number of rotatable bonds is 8. The maximum Gasteiger partial charge on any atom is 0.191 e. The van der Waals surface area contributed by atoms with Crippen LogP contribution in [0.15, 0.2) is 52.1 Å². The summed E-state index contributed by atoms with van der Waals surface area (Å²) in [5.74, 6) is 1.70. The van der Waals surface area contributed by atoms with Crippen LogP contribution in [0.4, 0.5) is 0 Å². The topological polar surface area (TPSA) is 56.0 Å². The molecule has 6 nitrogen and oxygen atoms in total. The Balaban J connectivity index is 1.48. The first kappa shape index (κ1) is 20.4. The monoisotopic (exact) mass is 383 g/mol. The first-order chi connectivity index (χ1) is 13.8. The standard InChI is InChI=1S/C22H33N5O/c1-3-23-22(25-17-21-6-5-15-28-21)24-16-19-7-9-20(10-8-19)18-27-13-11-26(4-2)12-14-27/h5-10,15H,3-4,11-14,16-18H2,1-2H3,(H2,23,24,25). The molecule has 3 rings (SSSR count). The SMILES string of the molecule is CCNC(=NCc1ccc(CN2CCN(CC)CC2)cc1)NCc1ccco1. The summed E-state index contributed by atoms with van der Waals surface area (Å²) in [6.07, 6.45) is 1.69. The quantitative estimate of drug-likeness (QED) is 0.542. The fraction of sp³-hybridized carbons (Fsp3) is 0.500. The third-order valence-corrected chi connectivity index (χ3v) is 5.12. The van der Waals surface area contributed by atoms with Crippen LogP contribution >= 0.6 is 0 Å². The molecule has 6 heteroatoms. The Hall–Kier alpha value is -2.31. The van der Waals surface area contributed by atoms with Gasteiger partial charge < -0.3 is 20.0 Å². The number of piperazine rings is 1. The van der Waals surface area contributed by atoms with E-state index in [1.807, 2.05) is 12.1 Å². The molecule has 0 radical (unpaired) electrons. The average Bonchev–Trinajstić information content (AvgIpc) is 3.25. The Kier molecular flexibility index (Phi) is 7.94. The molecule has 0 atom stereocenters. The molecule has 1 aromatic heterocycles. The summed E-state index contributed by atoms with van der Waals surface area (Å²) in [7, 11) is 0. The molecule has 1 saturated heterocycles. The van der Waals surface area contributed by atoms with Crippen molar-refractivity contribution in [1.82, 2.24) is 20.4 Å². The van der Waals surface area contributed by atoms with Crippen molar-refractivity contribution in [2.24, 2.45) is 4.99 Å². The minimum atomic E-state index is 0.628. The Morgan fingerprint density at radius 2 is 1.68 bits per heavy atom. The first-order valence-corrected chi connectivity index (χ1v) is 10.3. The van der Waals surface area contributed by atoms with Gasteiger partial charge in [-0.15, -0.1) is 0 Å². The molecule has 0 bridgehead atoms. The van der Waals surface area contributed by atoms with Crippen LogP contribution in [0.2, 0.25) is 0 Å². The van der Waals surface area contributed by atoms with E-state index in [-0.39, 0.29) is 0 Å². The van der Waals surface area contributed by atoms with Crippen LogP contribution < -0.4 is 10.6 Å². The van der Waals surface area contributed by atoms with Gasteiger partial charge in [0.1, 0.15) is 5.76 Å². The molecule has 1 aliphatic rings. The zero-order valence-electron chi connectivity index (χ0n) is 17.2. The molecule has 0 unspecified atom stereocenters. The maximum atomic E-state index is 5.36. The minimum absolute atomic E-state index is 0.628.